The molecular formula is C20H21N2SSi+. The Hall–Kier alpha value is -1.91. The van der Waals surface area contributed by atoms with Crippen molar-refractivity contribution in [1.82, 2.24) is 4.98 Å². The van der Waals surface area contributed by atoms with Gasteiger partial charge < -0.3 is 0 Å². The van der Waals surface area contributed by atoms with Crippen molar-refractivity contribution in [3.63, 3.8) is 0 Å². The number of aromatic nitrogens is 2. The molecule has 1 aliphatic rings. The van der Waals surface area contributed by atoms with E-state index in [1.807, 2.05) is 18.0 Å². The van der Waals surface area contributed by atoms with Crippen LogP contribution < -0.4 is 14.9 Å². The topological polar surface area (TPSA) is 16.8 Å². The van der Waals surface area contributed by atoms with E-state index in [1.54, 1.807) is 0 Å². The van der Waals surface area contributed by atoms with Crippen molar-refractivity contribution in [3.8, 4) is 11.3 Å². The molecule has 4 heteroatoms. The zero-order chi connectivity index (χ0) is 16.9. The van der Waals surface area contributed by atoms with Crippen molar-refractivity contribution < 1.29 is 4.57 Å². The predicted octanol–water partition coefficient (Wildman–Crippen LogP) is 3.17. The van der Waals surface area contributed by atoms with Gasteiger partial charge in [-0.25, -0.2) is 9.55 Å². The molecular weight excluding hydrogens is 328 g/mol. The first kappa shape index (κ1) is 15.6. The number of nitrogens with zero attached hydrogens (tertiary/aromatic N) is 2. The van der Waals surface area contributed by atoms with Gasteiger partial charge in [0.25, 0.3) is 0 Å². The third-order valence-electron chi connectivity index (χ3n) is 4.99. The second-order valence-corrected chi connectivity index (χ2v) is 12.2. The summed E-state index contributed by atoms with van der Waals surface area (Å²) in [5.41, 5.74) is 3.95. The van der Waals surface area contributed by atoms with Gasteiger partial charge in [-0.05, 0) is 35.0 Å². The lowest BCUT2D eigenvalue weighted by Gasteiger charge is -2.33. The Morgan fingerprint density at radius 3 is 2.62 bits per heavy atom. The van der Waals surface area contributed by atoms with E-state index in [0.29, 0.717) is 0 Å². The monoisotopic (exact) mass is 349 g/mol. The largest absolute Gasteiger partial charge is 0.250 e. The van der Waals surface area contributed by atoms with Crippen molar-refractivity contribution >= 4 is 30.2 Å². The van der Waals surface area contributed by atoms with Crippen LogP contribution in [0, 0.1) is 6.92 Å². The minimum atomic E-state index is -1.73. The average molecular weight is 350 g/mol. The molecule has 1 aromatic carbocycles. The quantitative estimate of drug-likeness (QED) is 0.496. The number of fused-ring (bicyclic) bond motifs is 2. The summed E-state index contributed by atoms with van der Waals surface area (Å²) in [7, 11) is 0.392. The van der Waals surface area contributed by atoms with Gasteiger partial charge in [0.15, 0.2) is 6.20 Å². The Labute approximate surface area is 148 Å². The van der Waals surface area contributed by atoms with Crippen molar-refractivity contribution in [2.45, 2.75) is 29.9 Å². The van der Waals surface area contributed by atoms with E-state index in [2.05, 4.69) is 80.3 Å². The predicted molar refractivity (Wildman–Crippen MR) is 103 cm³/mol. The third kappa shape index (κ3) is 2.25. The number of aryl methyl sites for hydroxylation is 2. The first-order valence-corrected chi connectivity index (χ1v) is 12.0. The van der Waals surface area contributed by atoms with Crippen LogP contribution in [0.3, 0.4) is 0 Å². The van der Waals surface area contributed by atoms with Crippen LogP contribution in [-0.4, -0.2) is 13.1 Å². The number of hydrogen-bond donors (Lipinski definition) is 0. The first-order valence-electron chi connectivity index (χ1n) is 8.22. The molecule has 0 amide bonds. The Kier molecular flexibility index (Phi) is 3.62. The van der Waals surface area contributed by atoms with Crippen LogP contribution in [0.4, 0.5) is 0 Å². The molecule has 120 valence electrons. The SMILES string of the molecule is Cc1ccc2c(c1-c1cccc[n+]1C)Sc1ncccc1[Si]2(C)C. The molecule has 2 aromatic heterocycles. The molecule has 0 saturated heterocycles. The maximum Gasteiger partial charge on any atom is 0.213 e. The molecule has 0 saturated carbocycles. The highest BCUT2D eigenvalue weighted by atomic mass is 32.2. The number of benzene rings is 1. The van der Waals surface area contributed by atoms with Gasteiger partial charge in [-0.2, -0.15) is 0 Å². The molecule has 2 nitrogen and oxygen atoms in total. The van der Waals surface area contributed by atoms with E-state index in [-0.39, 0.29) is 0 Å². The molecule has 3 aromatic rings. The summed E-state index contributed by atoms with van der Waals surface area (Å²) in [5.74, 6) is 0. The highest BCUT2D eigenvalue weighted by Crippen LogP contribution is 2.39. The molecule has 3 heterocycles. The maximum atomic E-state index is 4.69. The number of rotatable bonds is 1. The fraction of sp³-hybridized carbons (Fsp3) is 0.200. The molecule has 0 radical (unpaired) electrons. The molecule has 0 bridgehead atoms. The zero-order valence-electron chi connectivity index (χ0n) is 14.5. The molecule has 0 fully saturated rings. The third-order valence-corrected chi connectivity index (χ3v) is 10.0. The van der Waals surface area contributed by atoms with Crippen LogP contribution in [0.1, 0.15) is 5.56 Å². The van der Waals surface area contributed by atoms with Crippen LogP contribution in [0.2, 0.25) is 13.1 Å². The lowest BCUT2D eigenvalue weighted by atomic mass is 10.0. The van der Waals surface area contributed by atoms with E-state index in [4.69, 9.17) is 4.98 Å². The summed E-state index contributed by atoms with van der Waals surface area (Å²) in [6.45, 7) is 7.10. The van der Waals surface area contributed by atoms with E-state index in [1.165, 1.54) is 37.1 Å². The van der Waals surface area contributed by atoms with Gasteiger partial charge in [0, 0.05) is 23.2 Å². The minimum Gasteiger partial charge on any atom is -0.250 e. The molecule has 24 heavy (non-hydrogen) atoms. The summed E-state index contributed by atoms with van der Waals surface area (Å²) in [6.07, 6.45) is 4.04. The lowest BCUT2D eigenvalue weighted by molar-refractivity contribution is -0.660. The van der Waals surface area contributed by atoms with Gasteiger partial charge in [-0.15, -0.1) is 0 Å². The molecule has 0 unspecified atom stereocenters. The first-order chi connectivity index (χ1) is 11.5. The summed E-state index contributed by atoms with van der Waals surface area (Å²) in [6, 6.07) is 15.4. The highest BCUT2D eigenvalue weighted by molar-refractivity contribution is 8.00. The van der Waals surface area contributed by atoms with Crippen LogP contribution in [0.5, 0.6) is 0 Å². The standard InChI is InChI=1S/C20H21N2SSi/c1-14-10-11-16-19(18(14)15-8-5-6-13-22(15)2)23-20-17(24(16,3)4)9-7-12-21-20/h5-13H,1-4H3/q+1. The summed E-state index contributed by atoms with van der Waals surface area (Å²) in [4.78, 5) is 6.09. The molecule has 0 atom stereocenters. The molecule has 0 N–H and O–H groups in total. The van der Waals surface area contributed by atoms with Crippen molar-refractivity contribution in [2.75, 3.05) is 0 Å². The summed E-state index contributed by atoms with van der Waals surface area (Å²) in [5, 5.41) is 4.17. The van der Waals surface area contributed by atoms with E-state index in [9.17, 15) is 0 Å². The maximum absolute atomic E-state index is 4.69. The summed E-state index contributed by atoms with van der Waals surface area (Å²) < 4.78 is 2.21. The molecule has 4 rings (SSSR count). The molecule has 0 aliphatic carbocycles. The smallest absolute Gasteiger partial charge is 0.213 e. The Morgan fingerprint density at radius 2 is 1.83 bits per heavy atom. The second-order valence-electron chi connectivity index (χ2n) is 6.91. The lowest BCUT2D eigenvalue weighted by Crippen LogP contribution is -2.56. The van der Waals surface area contributed by atoms with E-state index in [0.717, 1.165) is 0 Å². The molecule has 1 aliphatic heterocycles. The van der Waals surface area contributed by atoms with Crippen LogP contribution in [0.25, 0.3) is 11.3 Å². The summed E-state index contributed by atoms with van der Waals surface area (Å²) >= 11 is 1.84. The highest BCUT2D eigenvalue weighted by Gasteiger charge is 2.38. The average Bonchev–Trinajstić information content (AvgIpc) is 2.56. The van der Waals surface area contributed by atoms with Gasteiger partial charge in [-0.1, -0.05) is 43.1 Å². The fourth-order valence-electron chi connectivity index (χ4n) is 3.57. The van der Waals surface area contributed by atoms with Gasteiger partial charge in [0.1, 0.15) is 20.1 Å². The number of hydrogen-bond acceptors (Lipinski definition) is 2. The Morgan fingerprint density at radius 1 is 1.00 bits per heavy atom. The Bertz CT molecular complexity index is 950. The van der Waals surface area contributed by atoms with Gasteiger partial charge in [0.05, 0.1) is 5.56 Å². The number of pyridine rings is 2. The van der Waals surface area contributed by atoms with Gasteiger partial charge in [0.2, 0.25) is 5.69 Å². The molecule has 0 spiro atoms. The van der Waals surface area contributed by atoms with Gasteiger partial charge in [-0.3, -0.25) is 0 Å². The van der Waals surface area contributed by atoms with E-state index < -0.39 is 8.07 Å². The minimum absolute atomic E-state index is 1.19. The van der Waals surface area contributed by atoms with Crippen LogP contribution >= 0.6 is 11.8 Å². The van der Waals surface area contributed by atoms with Crippen LogP contribution in [-0.2, 0) is 7.05 Å². The van der Waals surface area contributed by atoms with Crippen molar-refractivity contribution in [2.24, 2.45) is 7.05 Å². The second kappa shape index (κ2) is 5.57. The van der Waals surface area contributed by atoms with Crippen molar-refractivity contribution in [1.29, 1.82) is 0 Å². The fourth-order valence-corrected chi connectivity index (χ4v) is 9.03. The van der Waals surface area contributed by atoms with Gasteiger partial charge >= 0.3 is 0 Å². The van der Waals surface area contributed by atoms with Crippen molar-refractivity contribution in [3.05, 3.63) is 60.4 Å². The van der Waals surface area contributed by atoms with Crippen LogP contribution in [0.15, 0.2) is 64.8 Å². The zero-order valence-corrected chi connectivity index (χ0v) is 16.3. The van der Waals surface area contributed by atoms with E-state index >= 15 is 0 Å². The normalized spacial score (nSPS) is 14.8. The Balaban J connectivity index is 2.03.